The Kier molecular flexibility index (Phi) is 7.43. The van der Waals surface area contributed by atoms with Crippen molar-refractivity contribution in [3.63, 3.8) is 0 Å². The summed E-state index contributed by atoms with van der Waals surface area (Å²) >= 11 is 1.77. The number of nitrogens with zero attached hydrogens (tertiary/aromatic N) is 1. The third-order valence-electron chi connectivity index (χ3n) is 2.80. The summed E-state index contributed by atoms with van der Waals surface area (Å²) in [6.45, 7) is 5.45. The van der Waals surface area contributed by atoms with Crippen molar-refractivity contribution in [1.82, 2.24) is 10.3 Å². The molecule has 0 fully saturated rings. The molecule has 16 heavy (non-hydrogen) atoms. The standard InChI is InChI=1S/C13H24N2S/c1-3-5-6-7-8-9-12(14-4-2)13-15-10-11-16-13/h10-12,14H,3-9H2,1-2H3. The molecule has 0 saturated carbocycles. The Morgan fingerprint density at radius 1 is 1.25 bits per heavy atom. The Balaban J connectivity index is 2.24. The lowest BCUT2D eigenvalue weighted by Gasteiger charge is -2.14. The minimum atomic E-state index is 0.478. The van der Waals surface area contributed by atoms with Crippen LogP contribution in [0.15, 0.2) is 11.6 Å². The van der Waals surface area contributed by atoms with Gasteiger partial charge in [-0.2, -0.15) is 0 Å². The van der Waals surface area contributed by atoms with Gasteiger partial charge in [-0.25, -0.2) is 4.98 Å². The topological polar surface area (TPSA) is 24.9 Å². The van der Waals surface area contributed by atoms with Crippen LogP contribution in [0.1, 0.15) is 63.4 Å². The first kappa shape index (κ1) is 13.7. The maximum atomic E-state index is 4.41. The summed E-state index contributed by atoms with van der Waals surface area (Å²) in [6.07, 6.45) is 9.89. The molecule has 0 aliphatic carbocycles. The van der Waals surface area contributed by atoms with E-state index in [1.165, 1.54) is 43.5 Å². The Labute approximate surface area is 103 Å². The molecule has 0 radical (unpaired) electrons. The van der Waals surface area contributed by atoms with Gasteiger partial charge in [0.25, 0.3) is 0 Å². The second kappa shape index (κ2) is 8.71. The molecule has 1 atom stereocenters. The molecule has 1 aromatic heterocycles. The molecule has 0 aliphatic heterocycles. The maximum absolute atomic E-state index is 4.41. The highest BCUT2D eigenvalue weighted by Crippen LogP contribution is 2.21. The van der Waals surface area contributed by atoms with Crippen LogP contribution in [0.5, 0.6) is 0 Å². The first-order valence-corrected chi connectivity index (χ1v) is 7.39. The van der Waals surface area contributed by atoms with E-state index in [1.807, 2.05) is 6.20 Å². The summed E-state index contributed by atoms with van der Waals surface area (Å²) in [7, 11) is 0. The van der Waals surface area contributed by atoms with Crippen molar-refractivity contribution in [3.8, 4) is 0 Å². The summed E-state index contributed by atoms with van der Waals surface area (Å²) < 4.78 is 0. The van der Waals surface area contributed by atoms with E-state index >= 15 is 0 Å². The lowest BCUT2D eigenvalue weighted by molar-refractivity contribution is 0.477. The molecule has 0 saturated heterocycles. The quantitative estimate of drug-likeness (QED) is 0.656. The number of aromatic nitrogens is 1. The lowest BCUT2D eigenvalue weighted by atomic mass is 10.1. The van der Waals surface area contributed by atoms with Gasteiger partial charge in [-0.05, 0) is 13.0 Å². The third-order valence-corrected chi connectivity index (χ3v) is 3.69. The molecule has 0 bridgehead atoms. The van der Waals surface area contributed by atoms with Gasteiger partial charge < -0.3 is 5.32 Å². The fourth-order valence-electron chi connectivity index (χ4n) is 1.92. The summed E-state index contributed by atoms with van der Waals surface area (Å²) in [5.74, 6) is 0. The first-order chi connectivity index (χ1) is 7.88. The number of rotatable bonds is 9. The molecule has 1 rings (SSSR count). The van der Waals surface area contributed by atoms with Gasteiger partial charge in [0.1, 0.15) is 5.01 Å². The van der Waals surface area contributed by atoms with Gasteiger partial charge >= 0.3 is 0 Å². The Morgan fingerprint density at radius 3 is 2.69 bits per heavy atom. The number of hydrogen-bond donors (Lipinski definition) is 1. The predicted molar refractivity (Wildman–Crippen MR) is 71.9 cm³/mol. The van der Waals surface area contributed by atoms with Crippen molar-refractivity contribution < 1.29 is 0 Å². The molecule has 0 aromatic carbocycles. The van der Waals surface area contributed by atoms with E-state index in [0.717, 1.165) is 6.54 Å². The molecule has 3 heteroatoms. The normalized spacial score (nSPS) is 12.9. The molecule has 1 heterocycles. The van der Waals surface area contributed by atoms with E-state index in [2.05, 4.69) is 29.5 Å². The zero-order valence-electron chi connectivity index (χ0n) is 10.5. The van der Waals surface area contributed by atoms with E-state index < -0.39 is 0 Å². The molecule has 0 amide bonds. The molecule has 92 valence electrons. The van der Waals surface area contributed by atoms with Crippen LogP contribution < -0.4 is 5.32 Å². The van der Waals surface area contributed by atoms with Gasteiger partial charge in [-0.1, -0.05) is 46.0 Å². The second-order valence-corrected chi connectivity index (χ2v) is 5.11. The molecule has 1 unspecified atom stereocenters. The highest BCUT2D eigenvalue weighted by molar-refractivity contribution is 7.09. The maximum Gasteiger partial charge on any atom is 0.109 e. The first-order valence-electron chi connectivity index (χ1n) is 6.51. The minimum Gasteiger partial charge on any atom is -0.308 e. The fraction of sp³-hybridized carbons (Fsp3) is 0.769. The smallest absolute Gasteiger partial charge is 0.109 e. The predicted octanol–water partition coefficient (Wildman–Crippen LogP) is 4.15. The third kappa shape index (κ3) is 5.08. The highest BCUT2D eigenvalue weighted by Gasteiger charge is 2.11. The zero-order chi connectivity index (χ0) is 11.6. The SMILES string of the molecule is CCCCCCCC(NCC)c1nccs1. The Morgan fingerprint density at radius 2 is 2.06 bits per heavy atom. The number of hydrogen-bond acceptors (Lipinski definition) is 3. The van der Waals surface area contributed by atoms with Crippen molar-refractivity contribution in [2.75, 3.05) is 6.54 Å². The van der Waals surface area contributed by atoms with E-state index in [9.17, 15) is 0 Å². The molecular formula is C13H24N2S. The molecule has 0 spiro atoms. The molecular weight excluding hydrogens is 216 g/mol. The fourth-order valence-corrected chi connectivity index (χ4v) is 2.67. The average Bonchev–Trinajstić information content (AvgIpc) is 2.81. The van der Waals surface area contributed by atoms with Crippen molar-refractivity contribution in [1.29, 1.82) is 0 Å². The van der Waals surface area contributed by atoms with Crippen LogP contribution >= 0.6 is 11.3 Å². The van der Waals surface area contributed by atoms with Gasteiger partial charge in [0.2, 0.25) is 0 Å². The lowest BCUT2D eigenvalue weighted by Crippen LogP contribution is -2.20. The molecule has 2 nitrogen and oxygen atoms in total. The number of thiazole rings is 1. The van der Waals surface area contributed by atoms with Crippen LogP contribution in [0, 0.1) is 0 Å². The largest absolute Gasteiger partial charge is 0.308 e. The van der Waals surface area contributed by atoms with Gasteiger partial charge in [0.15, 0.2) is 0 Å². The van der Waals surface area contributed by atoms with E-state index in [1.54, 1.807) is 11.3 Å². The van der Waals surface area contributed by atoms with Crippen LogP contribution in [-0.2, 0) is 0 Å². The van der Waals surface area contributed by atoms with Gasteiger partial charge in [0.05, 0.1) is 6.04 Å². The van der Waals surface area contributed by atoms with Crippen LogP contribution in [0.25, 0.3) is 0 Å². The molecule has 1 aromatic rings. The van der Waals surface area contributed by atoms with Gasteiger partial charge in [-0.3, -0.25) is 0 Å². The van der Waals surface area contributed by atoms with Gasteiger partial charge in [-0.15, -0.1) is 11.3 Å². The number of nitrogens with one attached hydrogen (secondary N) is 1. The van der Waals surface area contributed by atoms with Crippen LogP contribution in [0.4, 0.5) is 0 Å². The summed E-state index contributed by atoms with van der Waals surface area (Å²) in [5.41, 5.74) is 0. The van der Waals surface area contributed by atoms with Crippen molar-refractivity contribution in [2.24, 2.45) is 0 Å². The van der Waals surface area contributed by atoms with E-state index in [4.69, 9.17) is 0 Å². The minimum absolute atomic E-state index is 0.478. The summed E-state index contributed by atoms with van der Waals surface area (Å²) in [6, 6.07) is 0.478. The average molecular weight is 240 g/mol. The highest BCUT2D eigenvalue weighted by atomic mass is 32.1. The summed E-state index contributed by atoms with van der Waals surface area (Å²) in [4.78, 5) is 4.41. The van der Waals surface area contributed by atoms with E-state index in [0.29, 0.717) is 6.04 Å². The summed E-state index contributed by atoms with van der Waals surface area (Å²) in [5, 5.41) is 6.84. The van der Waals surface area contributed by atoms with E-state index in [-0.39, 0.29) is 0 Å². The Hall–Kier alpha value is -0.410. The van der Waals surface area contributed by atoms with Crippen LogP contribution in [-0.4, -0.2) is 11.5 Å². The molecule has 0 aliphatic rings. The van der Waals surface area contributed by atoms with Crippen LogP contribution in [0.3, 0.4) is 0 Å². The number of unbranched alkanes of at least 4 members (excludes halogenated alkanes) is 4. The Bertz CT molecular complexity index is 246. The van der Waals surface area contributed by atoms with Crippen molar-refractivity contribution in [2.45, 2.75) is 58.4 Å². The molecule has 1 N–H and O–H groups in total. The zero-order valence-corrected chi connectivity index (χ0v) is 11.4. The van der Waals surface area contributed by atoms with Gasteiger partial charge in [0, 0.05) is 11.6 Å². The monoisotopic (exact) mass is 240 g/mol. The van der Waals surface area contributed by atoms with Crippen molar-refractivity contribution >= 4 is 11.3 Å². The second-order valence-electron chi connectivity index (χ2n) is 4.18. The van der Waals surface area contributed by atoms with Crippen molar-refractivity contribution in [3.05, 3.63) is 16.6 Å². The van der Waals surface area contributed by atoms with Crippen LogP contribution in [0.2, 0.25) is 0 Å².